The highest BCUT2D eigenvalue weighted by Gasteiger charge is 2.16. The fourth-order valence-electron chi connectivity index (χ4n) is 1.74. The highest BCUT2D eigenvalue weighted by molar-refractivity contribution is 9.10. The Morgan fingerprint density at radius 3 is 2.20 bits per heavy atom. The molecule has 0 aliphatic rings. The lowest BCUT2D eigenvalue weighted by molar-refractivity contribution is 0.172. The van der Waals surface area contributed by atoms with Gasteiger partial charge in [0.2, 0.25) is 0 Å². The Morgan fingerprint density at radius 2 is 1.70 bits per heavy atom. The van der Waals surface area contributed by atoms with Gasteiger partial charge in [0.05, 0.1) is 20.3 Å². The molecule has 0 amide bonds. The maximum Gasteiger partial charge on any atom is 0.161 e. The van der Waals surface area contributed by atoms with E-state index in [9.17, 15) is 5.11 Å². The number of hydrogen-bond donors (Lipinski definition) is 2. The zero-order valence-corrected chi connectivity index (χ0v) is 14.7. The minimum Gasteiger partial charge on any atom is -0.493 e. The number of benzene rings is 1. The van der Waals surface area contributed by atoms with Crippen LogP contribution in [0.15, 0.2) is 16.6 Å². The van der Waals surface area contributed by atoms with E-state index in [4.69, 9.17) is 9.47 Å². The zero-order chi connectivity index (χ0) is 14.4. The van der Waals surface area contributed by atoms with Gasteiger partial charge in [0.15, 0.2) is 11.5 Å². The Hall–Kier alpha value is -0.490. The minimum absolute atomic E-state index is 0. The molecular formula is C14H23BrClNO3. The van der Waals surface area contributed by atoms with Gasteiger partial charge in [0, 0.05) is 11.0 Å². The van der Waals surface area contributed by atoms with Gasteiger partial charge in [-0.1, -0.05) is 29.8 Å². The van der Waals surface area contributed by atoms with Gasteiger partial charge in [-0.2, -0.15) is 0 Å². The fourth-order valence-corrected chi connectivity index (χ4v) is 2.33. The first-order valence-corrected chi connectivity index (χ1v) is 7.09. The van der Waals surface area contributed by atoms with Crippen molar-refractivity contribution in [1.82, 2.24) is 5.32 Å². The Morgan fingerprint density at radius 1 is 1.15 bits per heavy atom. The zero-order valence-electron chi connectivity index (χ0n) is 12.3. The number of methoxy groups -OCH3 is 2. The van der Waals surface area contributed by atoms with Crippen LogP contribution in [0.3, 0.4) is 0 Å². The van der Waals surface area contributed by atoms with Gasteiger partial charge in [0.1, 0.15) is 0 Å². The molecule has 0 saturated heterocycles. The van der Waals surface area contributed by atoms with Crippen molar-refractivity contribution in [2.24, 2.45) is 5.92 Å². The van der Waals surface area contributed by atoms with E-state index in [1.165, 1.54) is 0 Å². The Kier molecular flexibility index (Phi) is 9.22. The first kappa shape index (κ1) is 19.5. The van der Waals surface area contributed by atoms with Crippen molar-refractivity contribution in [1.29, 1.82) is 0 Å². The number of aliphatic hydroxyl groups is 1. The number of hydrogen-bond acceptors (Lipinski definition) is 4. The molecule has 20 heavy (non-hydrogen) atoms. The van der Waals surface area contributed by atoms with Crippen LogP contribution in [0, 0.1) is 5.92 Å². The summed E-state index contributed by atoms with van der Waals surface area (Å²) in [5.74, 6) is 1.81. The molecule has 2 N–H and O–H groups in total. The van der Waals surface area contributed by atoms with Crippen molar-refractivity contribution in [2.75, 3.05) is 27.3 Å². The summed E-state index contributed by atoms with van der Waals surface area (Å²) in [6.45, 7) is 5.64. The maximum absolute atomic E-state index is 10.2. The summed E-state index contributed by atoms with van der Waals surface area (Å²) in [5.41, 5.74) is 0.786. The fraction of sp³-hybridized carbons (Fsp3) is 0.571. The van der Waals surface area contributed by atoms with Crippen LogP contribution in [0.25, 0.3) is 0 Å². The lowest BCUT2D eigenvalue weighted by Crippen LogP contribution is -2.25. The first-order valence-electron chi connectivity index (χ1n) is 6.29. The molecule has 0 aromatic heterocycles. The van der Waals surface area contributed by atoms with Gasteiger partial charge in [-0.3, -0.25) is 0 Å². The summed E-state index contributed by atoms with van der Waals surface area (Å²) in [7, 11) is 3.17. The van der Waals surface area contributed by atoms with Gasteiger partial charge >= 0.3 is 0 Å². The van der Waals surface area contributed by atoms with E-state index in [0.29, 0.717) is 24.0 Å². The highest BCUT2D eigenvalue weighted by Crippen LogP contribution is 2.35. The van der Waals surface area contributed by atoms with Crippen LogP contribution in [0.4, 0.5) is 0 Å². The van der Waals surface area contributed by atoms with E-state index in [1.54, 1.807) is 26.4 Å². The summed E-state index contributed by atoms with van der Waals surface area (Å²) in [5, 5.41) is 13.4. The van der Waals surface area contributed by atoms with E-state index in [0.717, 1.165) is 16.6 Å². The van der Waals surface area contributed by atoms with Crippen molar-refractivity contribution in [3.05, 3.63) is 22.2 Å². The summed E-state index contributed by atoms with van der Waals surface area (Å²) < 4.78 is 11.3. The summed E-state index contributed by atoms with van der Waals surface area (Å²) in [4.78, 5) is 0. The van der Waals surface area contributed by atoms with Crippen LogP contribution >= 0.6 is 28.3 Å². The SMILES string of the molecule is COc1cc(Br)c(C(O)CNCC(C)C)cc1OC.Cl. The molecule has 0 saturated carbocycles. The van der Waals surface area contributed by atoms with Gasteiger partial charge in [-0.15, -0.1) is 12.4 Å². The Bertz CT molecular complexity index is 416. The van der Waals surface area contributed by atoms with Crippen LogP contribution in [0.1, 0.15) is 25.5 Å². The second-order valence-electron chi connectivity index (χ2n) is 4.80. The van der Waals surface area contributed by atoms with Gasteiger partial charge in [0.25, 0.3) is 0 Å². The summed E-state index contributed by atoms with van der Waals surface area (Å²) in [6, 6.07) is 3.60. The minimum atomic E-state index is -0.590. The average Bonchev–Trinajstić information content (AvgIpc) is 2.37. The number of aliphatic hydroxyl groups excluding tert-OH is 1. The Labute approximate surface area is 135 Å². The lowest BCUT2D eigenvalue weighted by Gasteiger charge is -2.17. The molecule has 4 nitrogen and oxygen atoms in total. The molecule has 0 bridgehead atoms. The number of ether oxygens (including phenoxy) is 2. The second kappa shape index (κ2) is 9.45. The molecule has 1 aromatic rings. The summed E-state index contributed by atoms with van der Waals surface area (Å²) >= 11 is 3.45. The predicted molar refractivity (Wildman–Crippen MR) is 87.2 cm³/mol. The smallest absolute Gasteiger partial charge is 0.161 e. The number of nitrogens with one attached hydrogen (secondary N) is 1. The van der Waals surface area contributed by atoms with Crippen LogP contribution < -0.4 is 14.8 Å². The van der Waals surface area contributed by atoms with Crippen LogP contribution in [-0.2, 0) is 0 Å². The third-order valence-corrected chi connectivity index (χ3v) is 3.44. The topological polar surface area (TPSA) is 50.7 Å². The number of rotatable bonds is 7. The van der Waals surface area contributed by atoms with E-state index in [1.807, 2.05) is 0 Å². The van der Waals surface area contributed by atoms with Crippen LogP contribution in [0.2, 0.25) is 0 Å². The molecule has 0 heterocycles. The van der Waals surface area contributed by atoms with Gasteiger partial charge in [-0.25, -0.2) is 0 Å². The molecule has 1 atom stereocenters. The third-order valence-electron chi connectivity index (χ3n) is 2.75. The Balaban J connectivity index is 0.00000361. The molecule has 1 rings (SSSR count). The van der Waals surface area contributed by atoms with E-state index >= 15 is 0 Å². The second-order valence-corrected chi connectivity index (χ2v) is 5.65. The molecule has 0 fully saturated rings. The van der Waals surface area contributed by atoms with Crippen LogP contribution in [-0.4, -0.2) is 32.4 Å². The average molecular weight is 369 g/mol. The molecule has 1 unspecified atom stereocenters. The van der Waals surface area contributed by atoms with Gasteiger partial charge in [-0.05, 0) is 30.2 Å². The van der Waals surface area contributed by atoms with Crippen molar-refractivity contribution in [3.63, 3.8) is 0 Å². The molecule has 116 valence electrons. The van der Waals surface area contributed by atoms with Crippen molar-refractivity contribution >= 4 is 28.3 Å². The first-order chi connectivity index (χ1) is 8.99. The molecule has 1 aromatic carbocycles. The van der Waals surface area contributed by atoms with Crippen molar-refractivity contribution < 1.29 is 14.6 Å². The molecule has 0 aliphatic carbocycles. The number of halogens is 2. The van der Waals surface area contributed by atoms with Crippen LogP contribution in [0.5, 0.6) is 11.5 Å². The normalized spacial score (nSPS) is 11.9. The van der Waals surface area contributed by atoms with Crippen molar-refractivity contribution in [2.45, 2.75) is 20.0 Å². The largest absolute Gasteiger partial charge is 0.493 e. The molecule has 0 aliphatic heterocycles. The van der Waals surface area contributed by atoms with Gasteiger partial charge < -0.3 is 19.9 Å². The lowest BCUT2D eigenvalue weighted by atomic mass is 10.1. The van der Waals surface area contributed by atoms with E-state index in [-0.39, 0.29) is 12.4 Å². The standard InChI is InChI=1S/C14H22BrNO3.ClH/c1-9(2)7-16-8-12(17)10-5-13(18-3)14(19-4)6-11(10)15;/h5-6,9,12,16-17H,7-8H2,1-4H3;1H. The maximum atomic E-state index is 10.2. The third kappa shape index (κ3) is 5.48. The molecule has 6 heteroatoms. The van der Waals surface area contributed by atoms with E-state index < -0.39 is 6.10 Å². The molecule has 0 radical (unpaired) electrons. The van der Waals surface area contributed by atoms with Crippen molar-refractivity contribution in [3.8, 4) is 11.5 Å². The molecule has 0 spiro atoms. The quantitative estimate of drug-likeness (QED) is 0.776. The highest BCUT2D eigenvalue weighted by atomic mass is 79.9. The predicted octanol–water partition coefficient (Wildman–Crippen LogP) is 3.17. The summed E-state index contributed by atoms with van der Waals surface area (Å²) in [6.07, 6.45) is -0.590. The molecular weight excluding hydrogens is 346 g/mol. The monoisotopic (exact) mass is 367 g/mol. The van der Waals surface area contributed by atoms with E-state index in [2.05, 4.69) is 35.1 Å².